The van der Waals surface area contributed by atoms with Gasteiger partial charge in [-0.25, -0.2) is 17.8 Å². The minimum Gasteiger partial charge on any atom is -0.393 e. The second-order valence-electron chi connectivity index (χ2n) is 6.96. The smallest absolute Gasteiger partial charge is 0.255 e. The molecule has 1 aliphatic rings. The van der Waals surface area contributed by atoms with Crippen LogP contribution in [0, 0.1) is 5.82 Å². The average molecular weight is 442 g/mol. The molecular formula is C19H21ClFN3O4S. The van der Waals surface area contributed by atoms with Crippen molar-refractivity contribution < 1.29 is 22.7 Å². The SMILES string of the molecule is O=C(Nc1ccc(F)c(Cl)c1)c1ccnc(NS(=O)(=O)C2CCCCC(O)C2)c1. The summed E-state index contributed by atoms with van der Waals surface area (Å²) in [6.45, 7) is 0. The first kappa shape index (κ1) is 21.5. The molecule has 1 aromatic heterocycles. The Bertz CT molecular complexity index is 1000. The van der Waals surface area contributed by atoms with Crippen LogP contribution in [0.3, 0.4) is 0 Å². The highest BCUT2D eigenvalue weighted by Crippen LogP contribution is 2.25. The number of benzene rings is 1. The predicted molar refractivity (Wildman–Crippen MR) is 109 cm³/mol. The van der Waals surface area contributed by atoms with Gasteiger partial charge >= 0.3 is 0 Å². The van der Waals surface area contributed by atoms with E-state index in [1.54, 1.807) is 0 Å². The topological polar surface area (TPSA) is 108 Å². The molecule has 3 N–H and O–H groups in total. The largest absolute Gasteiger partial charge is 0.393 e. The Balaban J connectivity index is 1.73. The van der Waals surface area contributed by atoms with Crippen LogP contribution < -0.4 is 10.0 Å². The Morgan fingerprint density at radius 3 is 2.72 bits per heavy atom. The molecule has 0 spiro atoms. The molecule has 1 aromatic carbocycles. The number of carbonyl (C=O) groups is 1. The van der Waals surface area contributed by atoms with Gasteiger partial charge < -0.3 is 10.4 Å². The van der Waals surface area contributed by atoms with Crippen molar-refractivity contribution in [2.45, 2.75) is 43.5 Å². The molecule has 10 heteroatoms. The highest BCUT2D eigenvalue weighted by atomic mass is 35.5. The molecule has 0 aliphatic heterocycles. The maximum atomic E-state index is 13.2. The number of halogens is 2. The lowest BCUT2D eigenvalue weighted by atomic mass is 10.2. The van der Waals surface area contributed by atoms with E-state index in [0.29, 0.717) is 18.5 Å². The lowest BCUT2D eigenvalue weighted by Gasteiger charge is -2.18. The summed E-state index contributed by atoms with van der Waals surface area (Å²) in [5.74, 6) is -1.12. The van der Waals surface area contributed by atoms with E-state index in [2.05, 4.69) is 15.0 Å². The molecule has 3 rings (SSSR count). The van der Waals surface area contributed by atoms with Crippen molar-refractivity contribution in [1.29, 1.82) is 0 Å². The van der Waals surface area contributed by atoms with Gasteiger partial charge in [-0.3, -0.25) is 9.52 Å². The highest BCUT2D eigenvalue weighted by Gasteiger charge is 2.30. The van der Waals surface area contributed by atoms with Crippen LogP contribution in [-0.2, 0) is 10.0 Å². The third-order valence-corrected chi connectivity index (χ3v) is 6.82. The standard InChI is InChI=1S/C19H21ClFN3O4S/c20-16-10-13(5-6-17(16)21)23-19(26)12-7-8-22-18(9-12)24-29(27,28)15-4-2-1-3-14(25)11-15/h5-10,14-15,25H,1-4,11H2,(H,22,24)(H,23,26). The first-order valence-electron chi connectivity index (χ1n) is 9.17. The molecule has 0 saturated heterocycles. The number of amides is 1. The fourth-order valence-electron chi connectivity index (χ4n) is 3.21. The molecule has 29 heavy (non-hydrogen) atoms. The van der Waals surface area contributed by atoms with Crippen molar-refractivity contribution in [2.75, 3.05) is 10.0 Å². The lowest BCUT2D eigenvalue weighted by molar-refractivity contribution is 0.102. The molecule has 7 nitrogen and oxygen atoms in total. The van der Waals surface area contributed by atoms with Crippen LogP contribution in [0.5, 0.6) is 0 Å². The summed E-state index contributed by atoms with van der Waals surface area (Å²) in [5.41, 5.74) is 0.465. The van der Waals surface area contributed by atoms with Crippen LogP contribution in [0.4, 0.5) is 15.9 Å². The minimum absolute atomic E-state index is 0.00789. The molecule has 0 bridgehead atoms. The number of hydrogen-bond donors (Lipinski definition) is 3. The van der Waals surface area contributed by atoms with Gasteiger partial charge in [0.05, 0.1) is 16.4 Å². The fraction of sp³-hybridized carbons (Fsp3) is 0.368. The molecular weight excluding hydrogens is 421 g/mol. The molecule has 156 valence electrons. The zero-order chi connectivity index (χ0) is 21.0. The number of nitrogens with zero attached hydrogens (tertiary/aromatic N) is 1. The number of pyridine rings is 1. The first-order valence-corrected chi connectivity index (χ1v) is 11.1. The number of sulfonamides is 1. The van der Waals surface area contributed by atoms with Gasteiger partial charge in [0.25, 0.3) is 5.91 Å². The summed E-state index contributed by atoms with van der Waals surface area (Å²) < 4.78 is 41.0. The maximum absolute atomic E-state index is 13.2. The fourth-order valence-corrected chi connectivity index (χ4v) is 4.91. The van der Waals surface area contributed by atoms with E-state index in [1.165, 1.54) is 30.5 Å². The summed E-state index contributed by atoms with van der Waals surface area (Å²) in [7, 11) is -3.77. The van der Waals surface area contributed by atoms with Gasteiger partial charge in [0, 0.05) is 17.4 Å². The van der Waals surface area contributed by atoms with Gasteiger partial charge in [-0.2, -0.15) is 0 Å². The number of nitrogens with one attached hydrogen (secondary N) is 2. The van der Waals surface area contributed by atoms with Crippen LogP contribution >= 0.6 is 11.6 Å². The Morgan fingerprint density at radius 2 is 1.97 bits per heavy atom. The van der Waals surface area contributed by atoms with Gasteiger partial charge in [-0.1, -0.05) is 24.4 Å². The van der Waals surface area contributed by atoms with Crippen molar-refractivity contribution in [3.63, 3.8) is 0 Å². The first-order chi connectivity index (χ1) is 13.7. The van der Waals surface area contributed by atoms with Crippen molar-refractivity contribution in [2.24, 2.45) is 0 Å². The molecule has 1 saturated carbocycles. The molecule has 0 radical (unpaired) electrons. The zero-order valence-electron chi connectivity index (χ0n) is 15.4. The van der Waals surface area contributed by atoms with Crippen LogP contribution in [0.2, 0.25) is 5.02 Å². The summed E-state index contributed by atoms with van der Waals surface area (Å²) >= 11 is 5.71. The molecule has 2 unspecified atom stereocenters. The quantitative estimate of drug-likeness (QED) is 0.615. The third-order valence-electron chi connectivity index (χ3n) is 4.73. The Hall–Kier alpha value is -2.23. The molecule has 1 fully saturated rings. The summed E-state index contributed by atoms with van der Waals surface area (Å²) in [5, 5.41) is 11.6. The maximum Gasteiger partial charge on any atom is 0.255 e. The van der Waals surface area contributed by atoms with E-state index in [9.17, 15) is 22.7 Å². The normalized spacial score (nSPS) is 20.0. The second kappa shape index (κ2) is 9.06. The van der Waals surface area contributed by atoms with Crippen LogP contribution in [0.1, 0.15) is 42.5 Å². The van der Waals surface area contributed by atoms with E-state index in [-0.39, 0.29) is 22.8 Å². The number of hydrogen-bond acceptors (Lipinski definition) is 5. The predicted octanol–water partition coefficient (Wildman–Crippen LogP) is 3.56. The van der Waals surface area contributed by atoms with Crippen molar-refractivity contribution in [1.82, 2.24) is 4.98 Å². The number of aromatic nitrogens is 1. The number of aliphatic hydroxyl groups excluding tert-OH is 1. The summed E-state index contributed by atoms with van der Waals surface area (Å²) in [6.07, 6.45) is 3.39. The van der Waals surface area contributed by atoms with Gasteiger partial charge in [-0.05, 0) is 49.6 Å². The summed E-state index contributed by atoms with van der Waals surface area (Å²) in [6, 6.07) is 6.50. The second-order valence-corrected chi connectivity index (χ2v) is 9.32. The van der Waals surface area contributed by atoms with Gasteiger partial charge in [0.1, 0.15) is 11.6 Å². The molecule has 2 aromatic rings. The minimum atomic E-state index is -3.77. The van der Waals surface area contributed by atoms with E-state index in [1.807, 2.05) is 0 Å². The van der Waals surface area contributed by atoms with Crippen LogP contribution in [0.25, 0.3) is 0 Å². The van der Waals surface area contributed by atoms with Gasteiger partial charge in [0.15, 0.2) is 0 Å². The molecule has 1 heterocycles. The van der Waals surface area contributed by atoms with Gasteiger partial charge in [-0.15, -0.1) is 0 Å². The van der Waals surface area contributed by atoms with Gasteiger partial charge in [0.2, 0.25) is 10.0 Å². The Kier molecular flexibility index (Phi) is 6.71. The molecule has 2 atom stereocenters. The lowest BCUT2D eigenvalue weighted by Crippen LogP contribution is -2.30. The summed E-state index contributed by atoms with van der Waals surface area (Å²) in [4.78, 5) is 16.4. The monoisotopic (exact) mass is 441 g/mol. The number of rotatable bonds is 5. The zero-order valence-corrected chi connectivity index (χ0v) is 17.0. The molecule has 1 amide bonds. The highest BCUT2D eigenvalue weighted by molar-refractivity contribution is 7.93. The number of aliphatic hydroxyl groups is 1. The van der Waals surface area contributed by atoms with Crippen molar-refractivity contribution in [3.05, 3.63) is 52.9 Å². The average Bonchev–Trinajstić information content (AvgIpc) is 2.90. The van der Waals surface area contributed by atoms with E-state index < -0.39 is 33.1 Å². The van der Waals surface area contributed by atoms with E-state index in [0.717, 1.165) is 18.9 Å². The number of anilines is 2. The third kappa shape index (κ3) is 5.65. The molecule has 1 aliphatic carbocycles. The van der Waals surface area contributed by atoms with Crippen molar-refractivity contribution in [3.8, 4) is 0 Å². The van der Waals surface area contributed by atoms with E-state index in [4.69, 9.17) is 11.6 Å². The van der Waals surface area contributed by atoms with E-state index >= 15 is 0 Å². The Labute approximate surface area is 173 Å². The number of carbonyl (C=O) groups excluding carboxylic acids is 1. The van der Waals surface area contributed by atoms with Crippen LogP contribution in [-0.4, -0.2) is 35.8 Å². The van der Waals surface area contributed by atoms with Crippen molar-refractivity contribution >= 4 is 39.0 Å². The Morgan fingerprint density at radius 1 is 1.21 bits per heavy atom. The van der Waals surface area contributed by atoms with Crippen LogP contribution in [0.15, 0.2) is 36.5 Å².